The fraction of sp³-hybridized carbons (Fsp3) is 0.439. The number of ether oxygens (including phenoxy) is 2. The number of alkyl carbamates (subject to hydrolysis) is 2. The molecule has 2 aromatic heterocycles. The van der Waals surface area contributed by atoms with E-state index in [0.29, 0.717) is 37.6 Å². The van der Waals surface area contributed by atoms with E-state index in [1.54, 1.807) is 17.3 Å². The first-order chi connectivity index (χ1) is 26.9. The second kappa shape index (κ2) is 17.2. The van der Waals surface area contributed by atoms with E-state index in [1.165, 1.54) is 19.1 Å². The third-order valence-corrected chi connectivity index (χ3v) is 10.6. The van der Waals surface area contributed by atoms with Crippen LogP contribution in [-0.4, -0.2) is 100 Å². The fourth-order valence-corrected chi connectivity index (χ4v) is 7.53. The van der Waals surface area contributed by atoms with Crippen LogP contribution < -0.4 is 16.0 Å². The number of pyridine rings is 1. The summed E-state index contributed by atoms with van der Waals surface area (Å²) in [5.74, 6) is -0.0387. The smallest absolute Gasteiger partial charge is 0.407 e. The number of nitrogens with one attached hydrogen (secondary N) is 4. The summed E-state index contributed by atoms with van der Waals surface area (Å²) in [5, 5.41) is 9.89. The van der Waals surface area contributed by atoms with Crippen LogP contribution in [0, 0.1) is 11.8 Å². The molecule has 4 heterocycles. The van der Waals surface area contributed by atoms with Gasteiger partial charge >= 0.3 is 12.2 Å². The molecule has 5 amide bonds. The van der Waals surface area contributed by atoms with Crippen LogP contribution in [0.5, 0.6) is 0 Å². The van der Waals surface area contributed by atoms with Gasteiger partial charge in [0.15, 0.2) is 0 Å². The maximum absolute atomic E-state index is 13.6. The lowest BCUT2D eigenvalue weighted by Crippen LogP contribution is -2.54. The third kappa shape index (κ3) is 8.46. The molecule has 2 aliphatic rings. The SMILES string of the molecule is COC(=O)NC(C(=O)N1CCCC1C(=O)Nc1nccc2cc(-c3ccc(-c4cnc(C5CCCN5C(=O)[C@@H](NC(=O)OC)C(C)C)[nH]4)cc3)ccc12)C(C)C. The average Bonchev–Trinajstić information content (AvgIpc) is 4.00. The van der Waals surface area contributed by atoms with Crippen LogP contribution in [0.1, 0.15) is 65.2 Å². The lowest BCUT2D eigenvalue weighted by Gasteiger charge is -2.30. The number of methoxy groups -OCH3 is 2. The molecular formula is C41H50N8O7. The molecule has 0 radical (unpaired) electrons. The molecule has 15 heteroatoms. The van der Waals surface area contributed by atoms with Crippen LogP contribution in [0.25, 0.3) is 33.2 Å². The van der Waals surface area contributed by atoms with E-state index >= 15 is 0 Å². The minimum atomic E-state index is -0.821. The van der Waals surface area contributed by atoms with Gasteiger partial charge in [0, 0.05) is 24.7 Å². The third-order valence-electron chi connectivity index (χ3n) is 10.6. The number of nitrogens with zero attached hydrogens (tertiary/aromatic N) is 4. The van der Waals surface area contributed by atoms with Crippen molar-refractivity contribution in [1.29, 1.82) is 0 Å². The highest BCUT2D eigenvalue weighted by atomic mass is 16.5. The van der Waals surface area contributed by atoms with Crippen molar-refractivity contribution < 1.29 is 33.4 Å². The van der Waals surface area contributed by atoms with E-state index < -0.39 is 30.3 Å². The zero-order valence-electron chi connectivity index (χ0n) is 32.6. The molecule has 15 nitrogen and oxygen atoms in total. The van der Waals surface area contributed by atoms with Crippen LogP contribution in [0.2, 0.25) is 0 Å². The summed E-state index contributed by atoms with van der Waals surface area (Å²) in [6.07, 6.45) is 4.84. The van der Waals surface area contributed by atoms with E-state index in [0.717, 1.165) is 46.0 Å². The number of aromatic nitrogens is 3. The lowest BCUT2D eigenvalue weighted by molar-refractivity contribution is -0.139. The Kier molecular flexibility index (Phi) is 12.2. The van der Waals surface area contributed by atoms with E-state index in [2.05, 4.69) is 30.9 Å². The maximum atomic E-state index is 13.6. The van der Waals surface area contributed by atoms with Crippen molar-refractivity contribution in [1.82, 2.24) is 35.4 Å². The van der Waals surface area contributed by atoms with Gasteiger partial charge in [0.05, 0.1) is 32.2 Å². The van der Waals surface area contributed by atoms with Crippen molar-refractivity contribution in [3.63, 3.8) is 0 Å². The molecule has 0 spiro atoms. The molecule has 0 aliphatic carbocycles. The van der Waals surface area contributed by atoms with Crippen molar-refractivity contribution in [2.45, 2.75) is 77.5 Å². The van der Waals surface area contributed by atoms with Gasteiger partial charge in [0.1, 0.15) is 29.8 Å². The Bertz CT molecular complexity index is 2080. The first kappa shape index (κ1) is 39.7. The van der Waals surface area contributed by atoms with Crippen molar-refractivity contribution >= 4 is 46.5 Å². The number of carbonyl (C=O) groups excluding carboxylic acids is 5. The number of rotatable bonds is 11. The van der Waals surface area contributed by atoms with Crippen LogP contribution >= 0.6 is 0 Å². The number of amides is 5. The quantitative estimate of drug-likeness (QED) is 0.150. The van der Waals surface area contributed by atoms with Crippen LogP contribution in [0.4, 0.5) is 15.4 Å². The molecular weight excluding hydrogens is 716 g/mol. The minimum absolute atomic E-state index is 0.120. The summed E-state index contributed by atoms with van der Waals surface area (Å²) in [7, 11) is 2.52. The molecule has 3 unspecified atom stereocenters. The topological polar surface area (TPSA) is 188 Å². The number of benzene rings is 2. The number of aromatic amines is 1. The molecule has 2 aliphatic heterocycles. The Labute approximate surface area is 325 Å². The standard InChI is InChI=1S/C41H50N8O7/c1-23(2)33(45-40(53)55-5)38(51)48-19-7-9-31(48)36-43-22-30(44-36)26-13-11-25(12-14-26)27-15-16-29-28(21-27)17-18-42-35(29)47-37(50)32-10-8-20-49(32)39(52)34(24(3)4)46-41(54)56-6/h11-18,21-24,31-34H,7-10,19-20H2,1-6H3,(H,43,44)(H,45,53)(H,46,54)(H,42,47,50)/t31?,32?,33-,34?/m0/s1. The second-order valence-corrected chi connectivity index (χ2v) is 14.9. The minimum Gasteiger partial charge on any atom is -0.453 e. The Morgan fingerprint density at radius 1 is 0.750 bits per heavy atom. The number of hydrogen-bond donors (Lipinski definition) is 4. The van der Waals surface area contributed by atoms with Gasteiger partial charge in [0.25, 0.3) is 0 Å². The van der Waals surface area contributed by atoms with Crippen molar-refractivity contribution in [3.8, 4) is 22.4 Å². The van der Waals surface area contributed by atoms with Crippen molar-refractivity contribution in [2.24, 2.45) is 11.8 Å². The molecule has 296 valence electrons. The van der Waals surface area contributed by atoms with Crippen LogP contribution in [-0.2, 0) is 23.9 Å². The highest BCUT2D eigenvalue weighted by molar-refractivity contribution is 6.04. The summed E-state index contributed by atoms with van der Waals surface area (Å²) in [6.45, 7) is 8.42. The van der Waals surface area contributed by atoms with Crippen molar-refractivity contribution in [3.05, 3.63) is 66.7 Å². The summed E-state index contributed by atoms with van der Waals surface area (Å²) in [4.78, 5) is 80.4. The molecule has 2 saturated heterocycles. The number of carbonyl (C=O) groups is 5. The van der Waals surface area contributed by atoms with E-state index in [9.17, 15) is 24.0 Å². The Balaban J connectivity index is 1.14. The molecule has 0 saturated carbocycles. The van der Waals surface area contributed by atoms with E-state index in [-0.39, 0.29) is 35.6 Å². The van der Waals surface area contributed by atoms with Gasteiger partial charge in [-0.05, 0) is 71.7 Å². The Hall–Kier alpha value is -5.99. The highest BCUT2D eigenvalue weighted by Gasteiger charge is 2.40. The fourth-order valence-electron chi connectivity index (χ4n) is 7.53. The molecule has 0 bridgehead atoms. The monoisotopic (exact) mass is 766 g/mol. The Morgan fingerprint density at radius 3 is 1.98 bits per heavy atom. The first-order valence-electron chi connectivity index (χ1n) is 19.0. The molecule has 2 fully saturated rings. The van der Waals surface area contributed by atoms with Gasteiger partial charge < -0.3 is 40.2 Å². The highest BCUT2D eigenvalue weighted by Crippen LogP contribution is 2.34. The lowest BCUT2D eigenvalue weighted by atomic mass is 10.00. The first-order valence-corrected chi connectivity index (χ1v) is 19.0. The normalized spacial score (nSPS) is 17.9. The maximum Gasteiger partial charge on any atom is 0.407 e. The number of likely N-dealkylation sites (tertiary alicyclic amines) is 2. The zero-order chi connectivity index (χ0) is 40.1. The van der Waals surface area contributed by atoms with Gasteiger partial charge in [0.2, 0.25) is 17.7 Å². The van der Waals surface area contributed by atoms with Gasteiger partial charge in [-0.15, -0.1) is 0 Å². The largest absolute Gasteiger partial charge is 0.453 e. The Morgan fingerprint density at radius 2 is 1.34 bits per heavy atom. The molecule has 4 aromatic rings. The molecule has 56 heavy (non-hydrogen) atoms. The number of H-pyrrole nitrogens is 1. The van der Waals surface area contributed by atoms with Gasteiger partial charge in [-0.1, -0.05) is 64.1 Å². The average molecular weight is 767 g/mol. The van der Waals surface area contributed by atoms with Crippen LogP contribution in [0.3, 0.4) is 0 Å². The second-order valence-electron chi connectivity index (χ2n) is 14.9. The van der Waals surface area contributed by atoms with E-state index in [4.69, 9.17) is 9.47 Å². The molecule has 4 N–H and O–H groups in total. The predicted molar refractivity (Wildman–Crippen MR) is 210 cm³/mol. The van der Waals surface area contributed by atoms with Gasteiger partial charge in [-0.25, -0.2) is 19.6 Å². The summed E-state index contributed by atoms with van der Waals surface area (Å²) in [5.41, 5.74) is 3.73. The molecule has 2 aromatic carbocycles. The molecule has 6 rings (SSSR count). The summed E-state index contributed by atoms with van der Waals surface area (Å²) < 4.78 is 9.46. The van der Waals surface area contributed by atoms with Crippen LogP contribution in [0.15, 0.2) is 60.9 Å². The number of fused-ring (bicyclic) bond motifs is 1. The van der Waals surface area contributed by atoms with Gasteiger partial charge in [-0.2, -0.15) is 0 Å². The predicted octanol–water partition coefficient (Wildman–Crippen LogP) is 5.65. The number of anilines is 1. The molecule has 4 atom stereocenters. The van der Waals surface area contributed by atoms with E-state index in [1.807, 2.05) is 76.2 Å². The zero-order valence-corrected chi connectivity index (χ0v) is 32.6. The van der Waals surface area contributed by atoms with Gasteiger partial charge in [-0.3, -0.25) is 14.4 Å². The number of hydrogen-bond acceptors (Lipinski definition) is 9. The summed E-state index contributed by atoms with van der Waals surface area (Å²) >= 11 is 0. The number of imidazole rings is 1. The van der Waals surface area contributed by atoms with Crippen molar-refractivity contribution in [2.75, 3.05) is 32.6 Å². The summed E-state index contributed by atoms with van der Waals surface area (Å²) in [6, 6.07) is 13.5.